The van der Waals surface area contributed by atoms with E-state index in [0.717, 1.165) is 17.2 Å². The van der Waals surface area contributed by atoms with E-state index in [1.165, 1.54) is 18.2 Å². The van der Waals surface area contributed by atoms with Gasteiger partial charge in [-0.15, -0.1) is 0 Å². The fourth-order valence-electron chi connectivity index (χ4n) is 2.85. The minimum atomic E-state index is -4.73. The van der Waals surface area contributed by atoms with Gasteiger partial charge in [0.15, 0.2) is 0 Å². The molecule has 1 aliphatic rings. The average Bonchev–Trinajstić information content (AvgIpc) is 3.00. The predicted molar refractivity (Wildman–Crippen MR) is 95.5 cm³/mol. The van der Waals surface area contributed by atoms with Gasteiger partial charge >= 0.3 is 6.18 Å². The predicted octanol–water partition coefficient (Wildman–Crippen LogP) is 5.09. The van der Waals surface area contributed by atoms with Gasteiger partial charge in [-0.25, -0.2) is 0 Å². The van der Waals surface area contributed by atoms with Crippen molar-refractivity contribution in [2.24, 2.45) is 5.73 Å². The molecule has 26 heavy (non-hydrogen) atoms. The van der Waals surface area contributed by atoms with Crippen molar-refractivity contribution in [1.29, 1.82) is 0 Å². The maximum absolute atomic E-state index is 13.9. The number of halogens is 5. The second-order valence-corrected chi connectivity index (χ2v) is 6.87. The van der Waals surface area contributed by atoms with E-state index in [1.54, 1.807) is 18.2 Å². The first kappa shape index (κ1) is 19.0. The Morgan fingerprint density at radius 1 is 1.12 bits per heavy atom. The fourth-order valence-corrected chi connectivity index (χ4v) is 3.37. The van der Waals surface area contributed by atoms with Crippen LogP contribution in [0.15, 0.2) is 42.5 Å². The van der Waals surface area contributed by atoms with E-state index in [4.69, 9.17) is 33.8 Å². The highest BCUT2D eigenvalue weighted by Gasteiger charge is 2.59. The van der Waals surface area contributed by atoms with Gasteiger partial charge in [-0.1, -0.05) is 35.3 Å². The number of aryl methyl sites for hydroxylation is 1. The SMILES string of the molecule is Cc1cc(C2=CC(c3cc(Cl)cc(Cl)c3)(C(F)(F)F)ON2)ccc1CN. The number of hydrogen-bond acceptors (Lipinski definition) is 3. The normalized spacial score (nSPS) is 20.0. The van der Waals surface area contributed by atoms with E-state index in [-0.39, 0.29) is 21.3 Å². The molecule has 0 aliphatic carbocycles. The summed E-state index contributed by atoms with van der Waals surface area (Å²) in [6.45, 7) is 2.19. The quantitative estimate of drug-likeness (QED) is 0.750. The minimum absolute atomic E-state index is 0.0877. The molecule has 0 amide bonds. The van der Waals surface area contributed by atoms with Crippen LogP contribution in [0.1, 0.15) is 22.3 Å². The van der Waals surface area contributed by atoms with Crippen LogP contribution < -0.4 is 11.2 Å². The number of hydroxylamine groups is 1. The van der Waals surface area contributed by atoms with Gasteiger partial charge in [0, 0.05) is 22.2 Å². The summed E-state index contributed by atoms with van der Waals surface area (Å²) in [4.78, 5) is 5.05. The third-order valence-electron chi connectivity index (χ3n) is 4.26. The molecule has 0 saturated carbocycles. The molecule has 1 heterocycles. The lowest BCUT2D eigenvalue weighted by Gasteiger charge is -2.28. The summed E-state index contributed by atoms with van der Waals surface area (Å²) < 4.78 is 41.8. The maximum atomic E-state index is 13.9. The first-order valence-electron chi connectivity index (χ1n) is 7.66. The van der Waals surface area contributed by atoms with Gasteiger partial charge in [0.1, 0.15) is 0 Å². The van der Waals surface area contributed by atoms with Crippen LogP contribution in [0.3, 0.4) is 0 Å². The Kier molecular flexibility index (Phi) is 4.96. The number of alkyl halides is 3. The lowest BCUT2D eigenvalue weighted by Crippen LogP contribution is -2.42. The highest BCUT2D eigenvalue weighted by atomic mass is 35.5. The lowest BCUT2D eigenvalue weighted by molar-refractivity contribution is -0.269. The van der Waals surface area contributed by atoms with E-state index in [0.29, 0.717) is 12.1 Å². The largest absolute Gasteiger partial charge is 0.428 e. The molecule has 0 fully saturated rings. The standard InChI is InChI=1S/C18H15Cl2F3N2O/c1-10-4-11(2-3-12(10)9-24)16-8-17(26-25-16,18(21,22)23)13-5-14(19)7-15(20)6-13/h2-8,25H,9,24H2,1H3. The smallest absolute Gasteiger partial charge is 0.326 e. The van der Waals surface area contributed by atoms with Crippen LogP contribution in [0.25, 0.3) is 5.70 Å². The molecule has 0 radical (unpaired) electrons. The van der Waals surface area contributed by atoms with Crippen molar-refractivity contribution in [2.45, 2.75) is 25.2 Å². The summed E-state index contributed by atoms with van der Waals surface area (Å²) in [5.74, 6) is 0. The van der Waals surface area contributed by atoms with Crippen LogP contribution in [0.5, 0.6) is 0 Å². The van der Waals surface area contributed by atoms with E-state index >= 15 is 0 Å². The van der Waals surface area contributed by atoms with Crippen LogP contribution in [0, 0.1) is 6.92 Å². The van der Waals surface area contributed by atoms with Crippen LogP contribution in [-0.4, -0.2) is 6.18 Å². The molecule has 3 nitrogen and oxygen atoms in total. The summed E-state index contributed by atoms with van der Waals surface area (Å²) in [5, 5.41) is 0.175. The third-order valence-corrected chi connectivity index (χ3v) is 4.69. The summed E-state index contributed by atoms with van der Waals surface area (Å²) in [6, 6.07) is 8.95. The topological polar surface area (TPSA) is 47.3 Å². The van der Waals surface area contributed by atoms with Gasteiger partial charge in [-0.05, 0) is 54.0 Å². The second kappa shape index (κ2) is 6.78. The minimum Gasteiger partial charge on any atom is -0.326 e. The van der Waals surface area contributed by atoms with Crippen molar-refractivity contribution in [1.82, 2.24) is 5.48 Å². The van der Waals surface area contributed by atoms with Crippen LogP contribution >= 0.6 is 23.2 Å². The molecule has 0 spiro atoms. The number of rotatable bonds is 3. The first-order valence-corrected chi connectivity index (χ1v) is 8.42. The van der Waals surface area contributed by atoms with Crippen molar-refractivity contribution in [2.75, 3.05) is 0 Å². The Labute approximate surface area is 158 Å². The van der Waals surface area contributed by atoms with Crippen molar-refractivity contribution in [3.8, 4) is 0 Å². The second-order valence-electron chi connectivity index (χ2n) is 6.00. The van der Waals surface area contributed by atoms with E-state index < -0.39 is 11.8 Å². The molecule has 0 aromatic heterocycles. The number of hydrogen-bond donors (Lipinski definition) is 2. The van der Waals surface area contributed by atoms with E-state index in [1.807, 2.05) is 6.92 Å². The molecule has 138 valence electrons. The third kappa shape index (κ3) is 3.30. The number of nitrogens with one attached hydrogen (secondary N) is 1. The highest BCUT2D eigenvalue weighted by molar-refractivity contribution is 6.34. The Morgan fingerprint density at radius 2 is 1.77 bits per heavy atom. The molecule has 8 heteroatoms. The molecular formula is C18H15Cl2F3N2O. The number of benzene rings is 2. The van der Waals surface area contributed by atoms with E-state index in [2.05, 4.69) is 5.48 Å². The highest BCUT2D eigenvalue weighted by Crippen LogP contribution is 2.48. The van der Waals surface area contributed by atoms with E-state index in [9.17, 15) is 13.2 Å². The van der Waals surface area contributed by atoms with Crippen molar-refractivity contribution >= 4 is 28.9 Å². The molecule has 2 aromatic carbocycles. The molecule has 3 rings (SSSR count). The van der Waals surface area contributed by atoms with Gasteiger partial charge in [-0.2, -0.15) is 13.2 Å². The molecular weight excluding hydrogens is 388 g/mol. The zero-order valence-corrected chi connectivity index (χ0v) is 15.1. The van der Waals surface area contributed by atoms with Gasteiger partial charge in [0.05, 0.1) is 5.70 Å². The van der Waals surface area contributed by atoms with Crippen molar-refractivity contribution < 1.29 is 18.0 Å². The summed E-state index contributed by atoms with van der Waals surface area (Å²) >= 11 is 11.8. The van der Waals surface area contributed by atoms with Gasteiger partial charge in [-0.3, -0.25) is 10.3 Å². The van der Waals surface area contributed by atoms with Crippen molar-refractivity contribution in [3.63, 3.8) is 0 Å². The molecule has 0 bridgehead atoms. The molecule has 1 aliphatic heterocycles. The maximum Gasteiger partial charge on any atom is 0.428 e. The lowest BCUT2D eigenvalue weighted by atomic mass is 9.91. The van der Waals surface area contributed by atoms with Gasteiger partial charge in [0.2, 0.25) is 5.60 Å². The molecule has 2 aromatic rings. The summed E-state index contributed by atoms with van der Waals surface area (Å²) in [7, 11) is 0. The molecule has 3 N–H and O–H groups in total. The van der Waals surface area contributed by atoms with Crippen LogP contribution in [-0.2, 0) is 17.0 Å². The Hall–Kier alpha value is -1.73. The average molecular weight is 403 g/mol. The Morgan fingerprint density at radius 3 is 2.31 bits per heavy atom. The molecule has 1 atom stereocenters. The zero-order chi connectivity index (χ0) is 19.1. The monoisotopic (exact) mass is 402 g/mol. The number of nitrogens with two attached hydrogens (primary N) is 1. The molecule has 1 unspecified atom stereocenters. The van der Waals surface area contributed by atoms with Crippen LogP contribution in [0.2, 0.25) is 10.0 Å². The van der Waals surface area contributed by atoms with Gasteiger partial charge < -0.3 is 5.73 Å². The van der Waals surface area contributed by atoms with Gasteiger partial charge in [0.25, 0.3) is 0 Å². The van der Waals surface area contributed by atoms with Crippen molar-refractivity contribution in [3.05, 3.63) is 74.8 Å². The first-order chi connectivity index (χ1) is 12.2. The summed E-state index contributed by atoms with van der Waals surface area (Å²) in [6.07, 6.45) is -3.74. The molecule has 0 saturated heterocycles. The zero-order valence-electron chi connectivity index (χ0n) is 13.6. The summed E-state index contributed by atoms with van der Waals surface area (Å²) in [5.41, 5.74) is 7.67. The fraction of sp³-hybridized carbons (Fsp3) is 0.222. The van der Waals surface area contributed by atoms with Crippen LogP contribution in [0.4, 0.5) is 13.2 Å². The Bertz CT molecular complexity index is 863. The Balaban J connectivity index is 2.12.